The van der Waals surface area contributed by atoms with Gasteiger partial charge in [0.05, 0.1) is 17.6 Å². The maximum Gasteiger partial charge on any atom is 0.490 e. The second kappa shape index (κ2) is 9.70. The van der Waals surface area contributed by atoms with Gasteiger partial charge in [0, 0.05) is 24.5 Å². The molecule has 1 aromatic carbocycles. The average Bonchev–Trinajstić information content (AvgIpc) is 3.49. The SMILES string of the molecule is O=C(CN1C[C@@H]2CC[C@H]1C2)NC1CCCC(c2nc3ccccc3[nH]2)C1.O=C(O)C(F)(F)F. The third-order valence-corrected chi connectivity index (χ3v) is 6.95. The van der Waals surface area contributed by atoms with Gasteiger partial charge in [0.2, 0.25) is 5.91 Å². The lowest BCUT2D eigenvalue weighted by molar-refractivity contribution is -0.192. The lowest BCUT2D eigenvalue weighted by Crippen LogP contribution is -2.45. The van der Waals surface area contributed by atoms with E-state index in [1.165, 1.54) is 19.3 Å². The lowest BCUT2D eigenvalue weighted by Gasteiger charge is -2.30. The van der Waals surface area contributed by atoms with Crippen LogP contribution < -0.4 is 5.32 Å². The molecule has 4 atom stereocenters. The van der Waals surface area contributed by atoms with Crippen molar-refractivity contribution in [2.24, 2.45) is 5.92 Å². The molecule has 10 heteroatoms. The number of aromatic nitrogens is 2. The molecule has 1 aliphatic heterocycles. The number of imidazole rings is 1. The van der Waals surface area contributed by atoms with Crippen molar-refractivity contribution in [1.82, 2.24) is 20.2 Å². The van der Waals surface area contributed by atoms with Crippen molar-refractivity contribution in [3.8, 4) is 0 Å². The molecule has 1 saturated heterocycles. The standard InChI is InChI=1S/C21H28N4O.C2HF3O2/c26-20(13-25-12-14-8-9-17(25)10-14)22-16-5-3-4-15(11-16)21-23-18-6-1-2-7-19(18)24-21;3-2(4,5)1(6)7/h1-2,6-7,14-17H,3-5,8-13H2,(H,22,26)(H,23,24);(H,6,7)/t14-,15?,16?,17+;/m1./s1. The van der Waals surface area contributed by atoms with Crippen molar-refractivity contribution in [3.05, 3.63) is 30.1 Å². The molecule has 180 valence electrons. The minimum Gasteiger partial charge on any atom is -0.475 e. The van der Waals surface area contributed by atoms with Crippen molar-refractivity contribution < 1.29 is 27.9 Å². The Morgan fingerprint density at radius 1 is 1.15 bits per heavy atom. The molecule has 2 saturated carbocycles. The van der Waals surface area contributed by atoms with E-state index in [1.807, 2.05) is 12.1 Å². The molecule has 1 amide bonds. The summed E-state index contributed by atoms with van der Waals surface area (Å²) in [6.07, 6.45) is 3.28. The number of carboxylic acid groups (broad SMARTS) is 1. The Bertz CT molecular complexity index is 960. The minimum atomic E-state index is -5.08. The van der Waals surface area contributed by atoms with Crippen LogP contribution >= 0.6 is 0 Å². The summed E-state index contributed by atoms with van der Waals surface area (Å²) in [6, 6.07) is 9.16. The molecule has 2 unspecified atom stereocenters. The number of fused-ring (bicyclic) bond motifs is 3. The second-order valence-electron chi connectivity index (χ2n) is 9.33. The molecule has 3 fully saturated rings. The molecule has 5 rings (SSSR count). The molecule has 0 radical (unpaired) electrons. The van der Waals surface area contributed by atoms with E-state index in [1.54, 1.807) is 0 Å². The van der Waals surface area contributed by atoms with Crippen molar-refractivity contribution >= 4 is 22.9 Å². The Morgan fingerprint density at radius 3 is 2.55 bits per heavy atom. The summed E-state index contributed by atoms with van der Waals surface area (Å²) in [6.45, 7) is 1.72. The van der Waals surface area contributed by atoms with Crippen molar-refractivity contribution in [3.63, 3.8) is 0 Å². The predicted molar refractivity (Wildman–Crippen MR) is 116 cm³/mol. The maximum atomic E-state index is 12.6. The molecule has 2 bridgehead atoms. The first-order valence-corrected chi connectivity index (χ1v) is 11.5. The van der Waals surface area contributed by atoms with E-state index in [-0.39, 0.29) is 11.9 Å². The number of nitrogens with one attached hydrogen (secondary N) is 2. The number of likely N-dealkylation sites (tertiary alicyclic amines) is 1. The van der Waals surface area contributed by atoms with E-state index < -0.39 is 12.1 Å². The number of para-hydroxylation sites is 2. The normalized spacial score (nSPS) is 27.2. The summed E-state index contributed by atoms with van der Waals surface area (Å²) in [5, 5.41) is 10.4. The molecule has 0 spiro atoms. The number of nitrogens with zero attached hydrogens (tertiary/aromatic N) is 2. The molecule has 33 heavy (non-hydrogen) atoms. The number of amides is 1. The molecular weight excluding hydrogens is 437 g/mol. The summed E-state index contributed by atoms with van der Waals surface area (Å²) in [7, 11) is 0. The first-order chi connectivity index (χ1) is 15.7. The van der Waals surface area contributed by atoms with Crippen LogP contribution in [0.4, 0.5) is 13.2 Å². The van der Waals surface area contributed by atoms with E-state index in [4.69, 9.17) is 14.9 Å². The Morgan fingerprint density at radius 2 is 1.91 bits per heavy atom. The Hall–Kier alpha value is -2.62. The van der Waals surface area contributed by atoms with E-state index in [9.17, 15) is 18.0 Å². The number of alkyl halides is 3. The number of carboxylic acids is 1. The summed E-state index contributed by atoms with van der Waals surface area (Å²) < 4.78 is 31.7. The summed E-state index contributed by atoms with van der Waals surface area (Å²) in [4.78, 5) is 32.1. The van der Waals surface area contributed by atoms with E-state index >= 15 is 0 Å². The topological polar surface area (TPSA) is 98.3 Å². The van der Waals surface area contributed by atoms with Gasteiger partial charge in [-0.1, -0.05) is 18.6 Å². The van der Waals surface area contributed by atoms with Gasteiger partial charge in [-0.05, 0) is 56.6 Å². The highest BCUT2D eigenvalue weighted by molar-refractivity contribution is 5.78. The first-order valence-electron chi connectivity index (χ1n) is 11.5. The number of aliphatic carboxylic acids is 1. The molecule has 3 N–H and O–H groups in total. The minimum absolute atomic E-state index is 0.216. The number of benzene rings is 1. The lowest BCUT2D eigenvalue weighted by atomic mass is 9.85. The fourth-order valence-electron chi connectivity index (χ4n) is 5.41. The van der Waals surface area contributed by atoms with Crippen LogP contribution in [0.3, 0.4) is 0 Å². The van der Waals surface area contributed by atoms with Crippen molar-refractivity contribution in [2.75, 3.05) is 13.1 Å². The van der Waals surface area contributed by atoms with Crippen LogP contribution in [0, 0.1) is 5.92 Å². The zero-order chi connectivity index (χ0) is 23.6. The zero-order valence-corrected chi connectivity index (χ0v) is 18.3. The van der Waals surface area contributed by atoms with Crippen LogP contribution in [-0.2, 0) is 9.59 Å². The third-order valence-electron chi connectivity index (χ3n) is 6.95. The Balaban J connectivity index is 0.000000325. The van der Waals surface area contributed by atoms with Gasteiger partial charge >= 0.3 is 12.1 Å². The molecule has 2 aliphatic carbocycles. The predicted octanol–water partition coefficient (Wildman–Crippen LogP) is 3.82. The number of halogens is 3. The van der Waals surface area contributed by atoms with Crippen LogP contribution in [0.2, 0.25) is 0 Å². The summed E-state index contributed by atoms with van der Waals surface area (Å²) >= 11 is 0. The smallest absolute Gasteiger partial charge is 0.475 e. The largest absolute Gasteiger partial charge is 0.490 e. The number of H-pyrrole nitrogens is 1. The zero-order valence-electron chi connectivity index (χ0n) is 18.3. The number of piperidine rings is 1. The highest BCUT2D eigenvalue weighted by Crippen LogP contribution is 2.37. The number of carbonyl (C=O) groups excluding carboxylic acids is 1. The van der Waals surface area contributed by atoms with Gasteiger partial charge in [-0.2, -0.15) is 13.2 Å². The van der Waals surface area contributed by atoms with Crippen LogP contribution in [0.5, 0.6) is 0 Å². The van der Waals surface area contributed by atoms with E-state index in [2.05, 4.69) is 27.3 Å². The summed E-state index contributed by atoms with van der Waals surface area (Å²) in [5.74, 6) is -0.188. The number of carbonyl (C=O) groups is 2. The van der Waals surface area contributed by atoms with E-state index in [0.29, 0.717) is 18.5 Å². The molecule has 2 heterocycles. The number of hydrogen-bond acceptors (Lipinski definition) is 4. The van der Waals surface area contributed by atoms with Crippen LogP contribution in [0.1, 0.15) is 56.7 Å². The number of aromatic amines is 1. The van der Waals surface area contributed by atoms with Gasteiger partial charge in [0.15, 0.2) is 0 Å². The Labute approximate surface area is 189 Å². The van der Waals surface area contributed by atoms with Crippen molar-refractivity contribution in [2.45, 2.75) is 69.1 Å². The van der Waals surface area contributed by atoms with Crippen LogP contribution in [0.15, 0.2) is 24.3 Å². The average molecular weight is 467 g/mol. The van der Waals surface area contributed by atoms with E-state index in [0.717, 1.165) is 55.0 Å². The van der Waals surface area contributed by atoms with Crippen LogP contribution in [-0.4, -0.2) is 63.2 Å². The number of rotatable bonds is 4. The molecule has 3 aliphatic rings. The van der Waals surface area contributed by atoms with Gasteiger partial charge in [-0.15, -0.1) is 0 Å². The van der Waals surface area contributed by atoms with Gasteiger partial charge < -0.3 is 15.4 Å². The fraction of sp³-hybridized carbons (Fsp3) is 0.609. The van der Waals surface area contributed by atoms with Gasteiger partial charge in [0.25, 0.3) is 0 Å². The highest BCUT2D eigenvalue weighted by atomic mass is 19.4. The maximum absolute atomic E-state index is 12.6. The molecule has 2 aromatic rings. The van der Waals surface area contributed by atoms with Gasteiger partial charge in [0.1, 0.15) is 5.82 Å². The second-order valence-corrected chi connectivity index (χ2v) is 9.33. The first kappa shape index (κ1) is 23.5. The van der Waals surface area contributed by atoms with Crippen molar-refractivity contribution in [1.29, 1.82) is 0 Å². The Kier molecular flexibility index (Phi) is 6.92. The van der Waals surface area contributed by atoms with Gasteiger partial charge in [-0.3, -0.25) is 9.69 Å². The fourth-order valence-corrected chi connectivity index (χ4v) is 5.41. The molecule has 1 aromatic heterocycles. The summed E-state index contributed by atoms with van der Waals surface area (Å²) in [5.41, 5.74) is 2.15. The monoisotopic (exact) mass is 466 g/mol. The number of hydrogen-bond donors (Lipinski definition) is 3. The molecular formula is C23H29F3N4O3. The highest BCUT2D eigenvalue weighted by Gasteiger charge is 2.39. The van der Waals surface area contributed by atoms with Crippen LogP contribution in [0.25, 0.3) is 11.0 Å². The van der Waals surface area contributed by atoms with Gasteiger partial charge in [-0.25, -0.2) is 9.78 Å². The third kappa shape index (κ3) is 5.85. The molecule has 7 nitrogen and oxygen atoms in total. The quantitative estimate of drug-likeness (QED) is 0.636.